The summed E-state index contributed by atoms with van der Waals surface area (Å²) in [4.78, 5) is 0. The molecule has 0 aromatic rings. The predicted octanol–water partition coefficient (Wildman–Crippen LogP) is 4.54. The lowest BCUT2D eigenvalue weighted by molar-refractivity contribution is 0.150. The van der Waals surface area contributed by atoms with Crippen molar-refractivity contribution < 1.29 is 5.11 Å². The van der Waals surface area contributed by atoms with Crippen LogP contribution >= 0.6 is 0 Å². The molecule has 1 saturated carbocycles. The number of hydrogen-bond acceptors (Lipinski definition) is 1. The van der Waals surface area contributed by atoms with Crippen molar-refractivity contribution in [3.05, 3.63) is 34.9 Å². The van der Waals surface area contributed by atoms with E-state index in [1.54, 1.807) is 0 Å². The summed E-state index contributed by atoms with van der Waals surface area (Å²) in [6, 6.07) is 0. The second kappa shape index (κ2) is 5.88. The Morgan fingerprint density at radius 1 is 1.28 bits per heavy atom. The van der Waals surface area contributed by atoms with Crippen LogP contribution in [-0.2, 0) is 0 Å². The van der Waals surface area contributed by atoms with E-state index in [1.807, 2.05) is 0 Å². The third-order valence-corrected chi connectivity index (χ3v) is 4.48. The van der Waals surface area contributed by atoms with Gasteiger partial charge in [-0.15, -0.1) is 0 Å². The van der Waals surface area contributed by atoms with Gasteiger partial charge in [0.05, 0.1) is 6.10 Å². The maximum Gasteiger partial charge on any atom is 0.0823 e. The van der Waals surface area contributed by atoms with E-state index in [-0.39, 0.29) is 12.0 Å². The first-order valence-corrected chi connectivity index (χ1v) is 7.32. The molecule has 18 heavy (non-hydrogen) atoms. The van der Waals surface area contributed by atoms with Crippen LogP contribution < -0.4 is 0 Å². The number of fused-ring (bicyclic) bond motifs is 2. The van der Waals surface area contributed by atoms with Crippen molar-refractivity contribution in [2.45, 2.75) is 64.9 Å². The molecule has 0 radical (unpaired) electrons. The van der Waals surface area contributed by atoms with Crippen LogP contribution in [0.15, 0.2) is 34.9 Å². The van der Waals surface area contributed by atoms with E-state index in [0.29, 0.717) is 0 Å². The first-order chi connectivity index (χ1) is 8.59. The highest BCUT2D eigenvalue weighted by atomic mass is 16.3. The van der Waals surface area contributed by atoms with Crippen molar-refractivity contribution in [3.63, 3.8) is 0 Å². The molecule has 2 aliphatic carbocycles. The molecule has 100 valence electrons. The third-order valence-electron chi connectivity index (χ3n) is 4.48. The molecule has 2 rings (SSSR count). The monoisotopic (exact) mass is 246 g/mol. The quantitative estimate of drug-likeness (QED) is 0.673. The molecule has 0 saturated heterocycles. The minimum atomic E-state index is -0.311. The highest BCUT2D eigenvalue weighted by Gasteiger charge is 2.27. The van der Waals surface area contributed by atoms with Gasteiger partial charge in [-0.2, -0.15) is 0 Å². The van der Waals surface area contributed by atoms with E-state index in [4.69, 9.17) is 0 Å². The van der Waals surface area contributed by atoms with Gasteiger partial charge in [-0.1, -0.05) is 43.1 Å². The van der Waals surface area contributed by atoms with Crippen molar-refractivity contribution >= 4 is 0 Å². The molecular weight excluding hydrogens is 220 g/mol. The van der Waals surface area contributed by atoms with Crippen LogP contribution in [0, 0.1) is 5.92 Å². The topological polar surface area (TPSA) is 20.2 Å². The molecule has 1 nitrogen and oxygen atoms in total. The Kier molecular flexibility index (Phi) is 4.45. The van der Waals surface area contributed by atoms with Gasteiger partial charge in [-0.3, -0.25) is 0 Å². The van der Waals surface area contributed by atoms with Crippen LogP contribution in [0.25, 0.3) is 0 Å². The van der Waals surface area contributed by atoms with Crippen molar-refractivity contribution in [2.24, 2.45) is 5.92 Å². The maximum absolute atomic E-state index is 10.7. The smallest absolute Gasteiger partial charge is 0.0823 e. The Labute approximate surface area is 111 Å². The first kappa shape index (κ1) is 13.6. The molecule has 0 aromatic heterocycles. The Morgan fingerprint density at radius 2 is 2.00 bits per heavy atom. The van der Waals surface area contributed by atoms with Crippen molar-refractivity contribution in [2.75, 3.05) is 0 Å². The Morgan fingerprint density at radius 3 is 2.72 bits per heavy atom. The van der Waals surface area contributed by atoms with Crippen LogP contribution in [0.2, 0.25) is 0 Å². The number of aliphatic hydroxyl groups is 1. The van der Waals surface area contributed by atoms with Crippen LogP contribution in [0.4, 0.5) is 0 Å². The van der Waals surface area contributed by atoms with Crippen molar-refractivity contribution in [1.82, 2.24) is 0 Å². The summed E-state index contributed by atoms with van der Waals surface area (Å²) >= 11 is 0. The van der Waals surface area contributed by atoms with Gasteiger partial charge in [-0.05, 0) is 50.7 Å². The molecule has 2 atom stereocenters. The predicted molar refractivity (Wildman–Crippen MR) is 77.4 cm³/mol. The molecule has 1 fully saturated rings. The number of aliphatic hydroxyl groups excluding tert-OH is 1. The van der Waals surface area contributed by atoms with Gasteiger partial charge in [0, 0.05) is 5.92 Å². The lowest BCUT2D eigenvalue weighted by Crippen LogP contribution is -2.24. The maximum atomic E-state index is 10.7. The van der Waals surface area contributed by atoms with Gasteiger partial charge in [0.2, 0.25) is 0 Å². The van der Waals surface area contributed by atoms with E-state index in [1.165, 1.54) is 48.8 Å². The number of rotatable bonds is 1. The zero-order valence-corrected chi connectivity index (χ0v) is 11.8. The molecule has 1 heteroatoms. The van der Waals surface area contributed by atoms with Gasteiger partial charge in [0.15, 0.2) is 0 Å². The number of allylic oxidation sites excluding steroid dienone is 3. The Balaban J connectivity index is 2.20. The number of hydrogen-bond donors (Lipinski definition) is 1. The molecule has 2 aliphatic rings. The van der Waals surface area contributed by atoms with Crippen molar-refractivity contribution in [1.29, 1.82) is 0 Å². The van der Waals surface area contributed by atoms with E-state index < -0.39 is 0 Å². The molecule has 0 spiro atoms. The second-order valence-electron chi connectivity index (χ2n) is 6.04. The molecule has 1 N–H and O–H groups in total. The van der Waals surface area contributed by atoms with Crippen LogP contribution in [0.5, 0.6) is 0 Å². The molecule has 2 bridgehead atoms. The lowest BCUT2D eigenvalue weighted by Gasteiger charge is -2.25. The summed E-state index contributed by atoms with van der Waals surface area (Å²) < 4.78 is 0. The summed E-state index contributed by atoms with van der Waals surface area (Å²) in [5.74, 6) is 0.251. The van der Waals surface area contributed by atoms with E-state index in [0.717, 1.165) is 18.4 Å². The SMILES string of the molecule is C=C(C)[C@@H]1CCCCCCC2=CC(C)=C(C2)[C@@H]1O. The van der Waals surface area contributed by atoms with E-state index in [2.05, 4.69) is 26.5 Å². The second-order valence-corrected chi connectivity index (χ2v) is 6.04. The van der Waals surface area contributed by atoms with E-state index in [9.17, 15) is 5.11 Å². The minimum absolute atomic E-state index is 0.251. The summed E-state index contributed by atoms with van der Waals surface area (Å²) in [5.41, 5.74) is 5.20. The Bertz CT molecular complexity index is 386. The average Bonchev–Trinajstić information content (AvgIpc) is 2.65. The van der Waals surface area contributed by atoms with Crippen LogP contribution in [0.3, 0.4) is 0 Å². The van der Waals surface area contributed by atoms with Crippen LogP contribution in [0.1, 0.15) is 58.8 Å². The van der Waals surface area contributed by atoms with Crippen molar-refractivity contribution in [3.8, 4) is 0 Å². The third kappa shape index (κ3) is 2.95. The largest absolute Gasteiger partial charge is 0.388 e. The fraction of sp³-hybridized carbons (Fsp3) is 0.647. The zero-order chi connectivity index (χ0) is 13.1. The van der Waals surface area contributed by atoms with E-state index >= 15 is 0 Å². The lowest BCUT2D eigenvalue weighted by atomic mass is 9.84. The summed E-state index contributed by atoms with van der Waals surface area (Å²) in [7, 11) is 0. The average molecular weight is 246 g/mol. The molecule has 0 aromatic carbocycles. The summed E-state index contributed by atoms with van der Waals surface area (Å²) in [6.45, 7) is 8.29. The molecule has 0 amide bonds. The fourth-order valence-electron chi connectivity index (χ4n) is 3.32. The van der Waals surface area contributed by atoms with Gasteiger partial charge in [-0.25, -0.2) is 0 Å². The molecule has 0 heterocycles. The first-order valence-electron chi connectivity index (χ1n) is 7.32. The van der Waals surface area contributed by atoms with Crippen LogP contribution in [-0.4, -0.2) is 11.2 Å². The van der Waals surface area contributed by atoms with Gasteiger partial charge < -0.3 is 5.11 Å². The highest BCUT2D eigenvalue weighted by Crippen LogP contribution is 2.36. The van der Waals surface area contributed by atoms with Gasteiger partial charge in [0.25, 0.3) is 0 Å². The molecule has 0 aliphatic heterocycles. The summed E-state index contributed by atoms with van der Waals surface area (Å²) in [5, 5.41) is 10.7. The highest BCUT2D eigenvalue weighted by molar-refractivity contribution is 5.40. The zero-order valence-electron chi connectivity index (χ0n) is 11.8. The Hall–Kier alpha value is -0.820. The molecule has 0 unspecified atom stereocenters. The normalized spacial score (nSPS) is 29.8. The van der Waals surface area contributed by atoms with Gasteiger partial charge >= 0.3 is 0 Å². The standard InChI is InChI=1S/C17H26O/c1-12(2)15-9-7-5-4-6-8-14-10-13(3)16(11-14)17(15)18/h10,15,17-18H,1,4-9,11H2,2-3H3/t15-,17+/m0/s1. The summed E-state index contributed by atoms with van der Waals surface area (Å²) in [6.07, 6.45) is 10.4. The molecular formula is C17H26O. The minimum Gasteiger partial charge on any atom is -0.388 e. The fourth-order valence-corrected chi connectivity index (χ4v) is 3.32. The van der Waals surface area contributed by atoms with Gasteiger partial charge in [0.1, 0.15) is 0 Å².